The molecular formula is C18H19FO3. The van der Waals surface area contributed by atoms with E-state index >= 15 is 0 Å². The molecule has 0 fully saturated rings. The van der Waals surface area contributed by atoms with Gasteiger partial charge in [-0.05, 0) is 46.9 Å². The monoisotopic (exact) mass is 302 g/mol. The van der Waals surface area contributed by atoms with Gasteiger partial charge in [-0.3, -0.25) is 0 Å². The van der Waals surface area contributed by atoms with E-state index in [1.807, 2.05) is 20.8 Å². The molecule has 0 radical (unpaired) electrons. The summed E-state index contributed by atoms with van der Waals surface area (Å²) in [6, 6.07) is 8.91. The van der Waals surface area contributed by atoms with Gasteiger partial charge >= 0.3 is 5.97 Å². The van der Waals surface area contributed by atoms with Crippen LogP contribution in [0, 0.1) is 5.82 Å². The van der Waals surface area contributed by atoms with Crippen molar-refractivity contribution in [2.75, 3.05) is 7.11 Å². The van der Waals surface area contributed by atoms with Gasteiger partial charge in [-0.1, -0.05) is 26.8 Å². The van der Waals surface area contributed by atoms with E-state index in [2.05, 4.69) is 0 Å². The summed E-state index contributed by atoms with van der Waals surface area (Å²) in [6.45, 7) is 5.94. The minimum Gasteiger partial charge on any atom is -0.508 e. The van der Waals surface area contributed by atoms with E-state index in [4.69, 9.17) is 4.74 Å². The summed E-state index contributed by atoms with van der Waals surface area (Å²) in [7, 11) is 1.32. The van der Waals surface area contributed by atoms with Crippen molar-refractivity contribution in [3.05, 3.63) is 53.3 Å². The predicted molar refractivity (Wildman–Crippen MR) is 83.5 cm³/mol. The predicted octanol–water partition coefficient (Wildman–Crippen LogP) is 4.28. The zero-order valence-corrected chi connectivity index (χ0v) is 13.1. The number of ether oxygens (including phenoxy) is 1. The van der Waals surface area contributed by atoms with Gasteiger partial charge in [0.2, 0.25) is 0 Å². The third-order valence-electron chi connectivity index (χ3n) is 3.49. The van der Waals surface area contributed by atoms with Crippen molar-refractivity contribution in [2.45, 2.75) is 26.2 Å². The fourth-order valence-corrected chi connectivity index (χ4v) is 2.36. The second kappa shape index (κ2) is 5.79. The number of hydrogen-bond donors (Lipinski definition) is 1. The molecule has 2 rings (SSSR count). The largest absolute Gasteiger partial charge is 0.508 e. The average molecular weight is 302 g/mol. The van der Waals surface area contributed by atoms with Crippen LogP contribution in [0.15, 0.2) is 36.4 Å². The summed E-state index contributed by atoms with van der Waals surface area (Å²) in [6.07, 6.45) is 0. The molecule has 3 nitrogen and oxygen atoms in total. The fraction of sp³-hybridized carbons (Fsp3) is 0.278. The number of phenols is 1. The van der Waals surface area contributed by atoms with Crippen LogP contribution in [-0.2, 0) is 10.2 Å². The van der Waals surface area contributed by atoms with Crippen LogP contribution in [0.1, 0.15) is 36.7 Å². The first-order valence-electron chi connectivity index (χ1n) is 6.96. The first-order chi connectivity index (χ1) is 10.2. The van der Waals surface area contributed by atoms with Gasteiger partial charge in [0.15, 0.2) is 0 Å². The molecule has 0 bridgehead atoms. The van der Waals surface area contributed by atoms with Crippen LogP contribution in [0.5, 0.6) is 5.75 Å². The first-order valence-corrected chi connectivity index (χ1v) is 6.96. The van der Waals surface area contributed by atoms with Crippen LogP contribution in [0.4, 0.5) is 4.39 Å². The van der Waals surface area contributed by atoms with Gasteiger partial charge < -0.3 is 9.84 Å². The van der Waals surface area contributed by atoms with Gasteiger partial charge in [0.05, 0.1) is 12.7 Å². The number of esters is 1. The Labute approximate surface area is 129 Å². The Morgan fingerprint density at radius 1 is 1.09 bits per heavy atom. The highest BCUT2D eigenvalue weighted by molar-refractivity contribution is 5.91. The summed E-state index contributed by atoms with van der Waals surface area (Å²) in [5.41, 5.74) is 1.86. The number of rotatable bonds is 2. The molecule has 0 saturated carbocycles. The molecule has 0 heterocycles. The molecule has 4 heteroatoms. The normalized spacial score (nSPS) is 11.3. The van der Waals surface area contributed by atoms with E-state index in [9.17, 15) is 14.3 Å². The average Bonchev–Trinajstić information content (AvgIpc) is 2.47. The molecular weight excluding hydrogens is 283 g/mol. The Hall–Kier alpha value is -2.36. The number of halogens is 1. The topological polar surface area (TPSA) is 46.5 Å². The summed E-state index contributed by atoms with van der Waals surface area (Å²) in [5.74, 6) is -0.865. The summed E-state index contributed by atoms with van der Waals surface area (Å²) < 4.78 is 18.9. The van der Waals surface area contributed by atoms with Gasteiger partial charge in [-0.15, -0.1) is 0 Å². The molecule has 116 valence electrons. The Morgan fingerprint density at radius 2 is 1.77 bits per heavy atom. The lowest BCUT2D eigenvalue weighted by Crippen LogP contribution is -2.15. The lowest BCUT2D eigenvalue weighted by atomic mass is 9.81. The second-order valence-corrected chi connectivity index (χ2v) is 6.17. The molecule has 0 amide bonds. The Bertz CT molecular complexity index is 715. The number of carbonyl (C=O) groups is 1. The molecule has 0 aliphatic carbocycles. The maximum atomic E-state index is 14.1. The molecule has 0 saturated heterocycles. The zero-order valence-electron chi connectivity index (χ0n) is 13.1. The Balaban J connectivity index is 2.70. The van der Waals surface area contributed by atoms with E-state index in [1.54, 1.807) is 18.2 Å². The van der Waals surface area contributed by atoms with Crippen molar-refractivity contribution in [2.24, 2.45) is 0 Å². The van der Waals surface area contributed by atoms with Crippen LogP contribution < -0.4 is 0 Å². The number of benzene rings is 2. The van der Waals surface area contributed by atoms with E-state index in [0.29, 0.717) is 16.7 Å². The molecule has 22 heavy (non-hydrogen) atoms. The first kappa shape index (κ1) is 16.0. The molecule has 0 aliphatic rings. The quantitative estimate of drug-likeness (QED) is 0.842. The van der Waals surface area contributed by atoms with Crippen LogP contribution >= 0.6 is 0 Å². The van der Waals surface area contributed by atoms with E-state index < -0.39 is 11.8 Å². The van der Waals surface area contributed by atoms with Crippen LogP contribution in [0.3, 0.4) is 0 Å². The van der Waals surface area contributed by atoms with Gasteiger partial charge in [0.25, 0.3) is 0 Å². The van der Waals surface area contributed by atoms with Crippen molar-refractivity contribution in [3.8, 4) is 16.9 Å². The summed E-state index contributed by atoms with van der Waals surface area (Å²) in [5, 5.41) is 9.63. The van der Waals surface area contributed by atoms with Crippen molar-refractivity contribution < 1.29 is 19.0 Å². The smallest absolute Gasteiger partial charge is 0.337 e. The maximum absolute atomic E-state index is 14.1. The Morgan fingerprint density at radius 3 is 2.36 bits per heavy atom. The van der Waals surface area contributed by atoms with Crippen molar-refractivity contribution >= 4 is 5.97 Å². The van der Waals surface area contributed by atoms with Crippen molar-refractivity contribution in [1.29, 1.82) is 0 Å². The molecule has 0 aromatic heterocycles. The number of methoxy groups -OCH3 is 1. The van der Waals surface area contributed by atoms with Crippen LogP contribution in [-0.4, -0.2) is 18.2 Å². The SMILES string of the molecule is COC(=O)c1ccc(-c2cc(O)ccc2F)c(C(C)(C)C)c1. The van der Waals surface area contributed by atoms with Gasteiger partial charge in [0, 0.05) is 5.56 Å². The van der Waals surface area contributed by atoms with E-state index in [0.717, 1.165) is 5.56 Å². The molecule has 2 aromatic rings. The van der Waals surface area contributed by atoms with Crippen LogP contribution in [0.2, 0.25) is 0 Å². The highest BCUT2D eigenvalue weighted by Crippen LogP contribution is 2.36. The van der Waals surface area contributed by atoms with Gasteiger partial charge in [-0.2, -0.15) is 0 Å². The minimum absolute atomic E-state index is 0.00620. The highest BCUT2D eigenvalue weighted by Gasteiger charge is 2.22. The van der Waals surface area contributed by atoms with Gasteiger partial charge in [0.1, 0.15) is 11.6 Å². The number of hydrogen-bond acceptors (Lipinski definition) is 3. The number of phenolic OH excluding ortho intramolecular Hbond substituents is 1. The van der Waals surface area contributed by atoms with Crippen molar-refractivity contribution in [1.82, 2.24) is 0 Å². The molecule has 1 N–H and O–H groups in total. The molecule has 0 atom stereocenters. The number of carbonyl (C=O) groups excluding carboxylic acids is 1. The Kier molecular flexibility index (Phi) is 4.22. The third kappa shape index (κ3) is 3.11. The zero-order chi connectivity index (χ0) is 16.5. The third-order valence-corrected chi connectivity index (χ3v) is 3.49. The molecule has 0 unspecified atom stereocenters. The summed E-state index contributed by atoms with van der Waals surface area (Å²) >= 11 is 0. The molecule has 2 aromatic carbocycles. The minimum atomic E-state index is -0.437. The van der Waals surface area contributed by atoms with E-state index in [1.165, 1.54) is 25.3 Å². The highest BCUT2D eigenvalue weighted by atomic mass is 19.1. The number of aromatic hydroxyl groups is 1. The summed E-state index contributed by atoms with van der Waals surface area (Å²) in [4.78, 5) is 11.7. The standard InChI is InChI=1S/C18H19FO3/c1-18(2,3)15-9-11(17(21)22-4)5-7-13(15)14-10-12(20)6-8-16(14)19/h5-10,20H,1-4H3. The van der Waals surface area contributed by atoms with Crippen molar-refractivity contribution in [3.63, 3.8) is 0 Å². The molecule has 0 aliphatic heterocycles. The lowest BCUT2D eigenvalue weighted by molar-refractivity contribution is 0.0600. The van der Waals surface area contributed by atoms with E-state index in [-0.39, 0.29) is 11.2 Å². The maximum Gasteiger partial charge on any atom is 0.337 e. The fourth-order valence-electron chi connectivity index (χ4n) is 2.36. The molecule has 0 spiro atoms. The lowest BCUT2D eigenvalue weighted by Gasteiger charge is -2.24. The second-order valence-electron chi connectivity index (χ2n) is 6.17. The van der Waals surface area contributed by atoms with Crippen LogP contribution in [0.25, 0.3) is 11.1 Å². The van der Waals surface area contributed by atoms with Gasteiger partial charge in [-0.25, -0.2) is 9.18 Å².